The molecule has 0 aliphatic carbocycles. The van der Waals surface area contributed by atoms with Crippen LogP contribution < -0.4 is 11.1 Å². The maximum absolute atomic E-state index is 12.1. The molecule has 1 fully saturated rings. The highest BCUT2D eigenvalue weighted by atomic mass is 16.4. The molecule has 0 bridgehead atoms. The van der Waals surface area contributed by atoms with Gasteiger partial charge in [0, 0.05) is 19.5 Å². The third-order valence-corrected chi connectivity index (χ3v) is 3.63. The number of carboxylic acids is 1. The molecule has 2 atom stereocenters. The number of nitrogens with one attached hydrogen (secondary N) is 1. The molecule has 1 saturated heterocycles. The first-order valence-electron chi connectivity index (χ1n) is 7.00. The van der Waals surface area contributed by atoms with Crippen LogP contribution in [0.5, 0.6) is 0 Å². The number of likely N-dealkylation sites (tertiary alicyclic amines) is 1. The normalized spacial score (nSPS) is 24.0. The van der Waals surface area contributed by atoms with Gasteiger partial charge >= 0.3 is 12.0 Å². The molecule has 1 aliphatic rings. The summed E-state index contributed by atoms with van der Waals surface area (Å²) in [6.07, 6.45) is 1.55. The minimum absolute atomic E-state index is 0.0397. The Morgan fingerprint density at radius 2 is 2.00 bits per heavy atom. The maximum atomic E-state index is 12.1. The van der Waals surface area contributed by atoms with Gasteiger partial charge < -0.3 is 26.2 Å². The van der Waals surface area contributed by atoms with Crippen molar-refractivity contribution in [3.05, 3.63) is 0 Å². The lowest BCUT2D eigenvalue weighted by Crippen LogP contribution is -2.48. The van der Waals surface area contributed by atoms with Crippen LogP contribution in [0.15, 0.2) is 0 Å². The van der Waals surface area contributed by atoms with Gasteiger partial charge in [-0.05, 0) is 32.6 Å². The number of hydrogen-bond acceptors (Lipinski definition) is 4. The van der Waals surface area contributed by atoms with Crippen LogP contribution in [0.25, 0.3) is 0 Å². The number of carbonyl (C=O) groups is 3. The van der Waals surface area contributed by atoms with Crippen molar-refractivity contribution >= 4 is 17.9 Å². The van der Waals surface area contributed by atoms with Gasteiger partial charge in [-0.25, -0.2) is 9.59 Å². The predicted molar refractivity (Wildman–Crippen MR) is 74.4 cm³/mol. The van der Waals surface area contributed by atoms with Crippen LogP contribution in [0.2, 0.25) is 0 Å². The topological polar surface area (TPSA) is 133 Å². The monoisotopic (exact) mass is 301 g/mol. The molecule has 8 heteroatoms. The van der Waals surface area contributed by atoms with E-state index in [4.69, 9.17) is 10.8 Å². The van der Waals surface area contributed by atoms with Crippen LogP contribution in [-0.4, -0.2) is 57.8 Å². The van der Waals surface area contributed by atoms with E-state index >= 15 is 0 Å². The molecule has 0 aromatic heterocycles. The van der Waals surface area contributed by atoms with Crippen molar-refractivity contribution < 1.29 is 24.6 Å². The first-order valence-corrected chi connectivity index (χ1v) is 7.00. The van der Waals surface area contributed by atoms with Crippen LogP contribution in [0, 0.1) is 0 Å². The Morgan fingerprint density at radius 1 is 1.33 bits per heavy atom. The van der Waals surface area contributed by atoms with Crippen LogP contribution in [-0.2, 0) is 9.59 Å². The standard InChI is InChI=1S/C13H23N3O5/c1-13(21)5-2-7-16(8-6-13)12(20)15-9(11(18)19)3-4-10(14)17/h9,21H,2-8H2,1H3,(H2,14,17)(H,15,20)(H,18,19). The summed E-state index contributed by atoms with van der Waals surface area (Å²) in [5.74, 6) is -1.81. The van der Waals surface area contributed by atoms with Gasteiger partial charge in [-0.3, -0.25) is 4.79 Å². The number of nitrogens with zero attached hydrogens (tertiary/aromatic N) is 1. The molecule has 120 valence electrons. The van der Waals surface area contributed by atoms with Gasteiger partial charge in [0.05, 0.1) is 5.60 Å². The van der Waals surface area contributed by atoms with Crippen LogP contribution in [0.4, 0.5) is 4.79 Å². The molecule has 3 amide bonds. The highest BCUT2D eigenvalue weighted by molar-refractivity contribution is 5.83. The average molecular weight is 301 g/mol. The summed E-state index contributed by atoms with van der Waals surface area (Å²) in [7, 11) is 0. The Bertz CT molecular complexity index is 411. The molecule has 8 nitrogen and oxygen atoms in total. The highest BCUT2D eigenvalue weighted by Crippen LogP contribution is 2.21. The zero-order valence-electron chi connectivity index (χ0n) is 12.2. The number of primary amides is 1. The number of amides is 3. The van der Waals surface area contributed by atoms with Gasteiger partial charge in [0.2, 0.25) is 5.91 Å². The minimum atomic E-state index is -1.20. The highest BCUT2D eigenvalue weighted by Gasteiger charge is 2.29. The van der Waals surface area contributed by atoms with E-state index in [1.807, 2.05) is 0 Å². The maximum Gasteiger partial charge on any atom is 0.326 e. The molecule has 0 saturated carbocycles. The number of carbonyl (C=O) groups excluding carboxylic acids is 2. The van der Waals surface area contributed by atoms with E-state index in [2.05, 4.69) is 5.32 Å². The number of hydrogen-bond donors (Lipinski definition) is 4. The van der Waals surface area contributed by atoms with E-state index in [0.29, 0.717) is 32.4 Å². The largest absolute Gasteiger partial charge is 0.480 e. The summed E-state index contributed by atoms with van der Waals surface area (Å²) < 4.78 is 0. The van der Waals surface area contributed by atoms with Crippen molar-refractivity contribution in [2.24, 2.45) is 5.73 Å². The lowest BCUT2D eigenvalue weighted by Gasteiger charge is -2.24. The van der Waals surface area contributed by atoms with Crippen molar-refractivity contribution in [1.82, 2.24) is 10.2 Å². The van der Waals surface area contributed by atoms with Gasteiger partial charge in [0.15, 0.2) is 0 Å². The Morgan fingerprint density at radius 3 is 2.57 bits per heavy atom. The van der Waals surface area contributed by atoms with E-state index in [1.54, 1.807) is 6.92 Å². The summed E-state index contributed by atoms with van der Waals surface area (Å²) in [5, 5.41) is 21.4. The average Bonchev–Trinajstić information content (AvgIpc) is 2.54. The van der Waals surface area contributed by atoms with Crippen molar-refractivity contribution in [1.29, 1.82) is 0 Å². The lowest BCUT2D eigenvalue weighted by molar-refractivity contribution is -0.139. The minimum Gasteiger partial charge on any atom is -0.480 e. The first kappa shape index (κ1) is 17.2. The number of carboxylic acid groups (broad SMARTS) is 1. The third-order valence-electron chi connectivity index (χ3n) is 3.63. The molecule has 5 N–H and O–H groups in total. The fourth-order valence-corrected chi connectivity index (χ4v) is 2.25. The lowest BCUT2D eigenvalue weighted by atomic mass is 9.98. The Hall–Kier alpha value is -1.83. The molecule has 21 heavy (non-hydrogen) atoms. The Balaban J connectivity index is 2.56. The molecule has 1 rings (SSSR count). The molecular weight excluding hydrogens is 278 g/mol. The third kappa shape index (κ3) is 5.99. The van der Waals surface area contributed by atoms with Crippen molar-refractivity contribution in [2.75, 3.05) is 13.1 Å². The van der Waals surface area contributed by atoms with Gasteiger partial charge in [-0.15, -0.1) is 0 Å². The van der Waals surface area contributed by atoms with Gasteiger partial charge in [0.1, 0.15) is 6.04 Å². The number of aliphatic carboxylic acids is 1. The summed E-state index contributed by atoms with van der Waals surface area (Å²) in [5.41, 5.74) is 4.18. The molecule has 1 aliphatic heterocycles. The fourth-order valence-electron chi connectivity index (χ4n) is 2.25. The van der Waals surface area contributed by atoms with Crippen molar-refractivity contribution in [3.8, 4) is 0 Å². The summed E-state index contributed by atoms with van der Waals surface area (Å²) in [6, 6.07) is -1.64. The van der Waals surface area contributed by atoms with Crippen LogP contribution in [0.1, 0.15) is 39.0 Å². The number of urea groups is 1. The van der Waals surface area contributed by atoms with E-state index in [9.17, 15) is 19.5 Å². The number of rotatable bonds is 5. The Kier molecular flexibility index (Phi) is 5.95. The van der Waals surface area contributed by atoms with Crippen molar-refractivity contribution in [2.45, 2.75) is 50.7 Å². The first-order chi connectivity index (χ1) is 9.71. The quantitative estimate of drug-likeness (QED) is 0.551. The van der Waals surface area contributed by atoms with E-state index < -0.39 is 29.6 Å². The number of aliphatic hydroxyl groups is 1. The van der Waals surface area contributed by atoms with Gasteiger partial charge in [-0.1, -0.05) is 0 Å². The Labute approximate surface area is 123 Å². The van der Waals surface area contributed by atoms with E-state index in [1.165, 1.54) is 4.90 Å². The van der Waals surface area contributed by atoms with Gasteiger partial charge in [0.25, 0.3) is 0 Å². The molecule has 0 aromatic carbocycles. The second-order valence-electron chi connectivity index (χ2n) is 5.68. The van der Waals surface area contributed by atoms with E-state index in [0.717, 1.165) is 0 Å². The smallest absolute Gasteiger partial charge is 0.326 e. The van der Waals surface area contributed by atoms with Crippen molar-refractivity contribution in [3.63, 3.8) is 0 Å². The zero-order chi connectivity index (χ0) is 16.0. The second kappa shape index (κ2) is 7.26. The second-order valence-corrected chi connectivity index (χ2v) is 5.68. The molecule has 1 heterocycles. The SMILES string of the molecule is CC1(O)CCCN(C(=O)NC(CCC(N)=O)C(=O)O)CC1. The summed E-state index contributed by atoms with van der Waals surface area (Å²) in [6.45, 7) is 2.55. The van der Waals surface area contributed by atoms with E-state index in [-0.39, 0.29) is 12.8 Å². The summed E-state index contributed by atoms with van der Waals surface area (Å²) in [4.78, 5) is 35.3. The number of nitrogens with two attached hydrogens (primary N) is 1. The molecule has 0 radical (unpaired) electrons. The molecular formula is C13H23N3O5. The zero-order valence-corrected chi connectivity index (χ0v) is 12.2. The predicted octanol–water partition coefficient (Wildman–Crippen LogP) is -0.348. The fraction of sp³-hybridized carbons (Fsp3) is 0.769. The van der Waals surface area contributed by atoms with Gasteiger partial charge in [-0.2, -0.15) is 0 Å². The summed E-state index contributed by atoms with van der Waals surface area (Å²) >= 11 is 0. The molecule has 0 aromatic rings. The molecule has 2 unspecified atom stereocenters. The van der Waals surface area contributed by atoms with Crippen LogP contribution >= 0.6 is 0 Å². The molecule has 0 spiro atoms. The van der Waals surface area contributed by atoms with Crippen LogP contribution in [0.3, 0.4) is 0 Å².